The van der Waals surface area contributed by atoms with Crippen molar-refractivity contribution in [2.45, 2.75) is 13.0 Å². The van der Waals surface area contributed by atoms with E-state index in [1.807, 2.05) is 6.92 Å². The Morgan fingerprint density at radius 1 is 1.50 bits per heavy atom. The Balaban J connectivity index is 0.00000162. The van der Waals surface area contributed by atoms with Gasteiger partial charge in [0.25, 0.3) is 0 Å². The van der Waals surface area contributed by atoms with Crippen molar-refractivity contribution in [3.63, 3.8) is 0 Å². The van der Waals surface area contributed by atoms with E-state index < -0.39 is 5.97 Å². The quantitative estimate of drug-likeness (QED) is 0.587. The lowest BCUT2D eigenvalue weighted by molar-refractivity contribution is -0.910. The molecule has 0 amide bonds. The summed E-state index contributed by atoms with van der Waals surface area (Å²) in [7, 11) is 0. The van der Waals surface area contributed by atoms with Crippen molar-refractivity contribution in [1.29, 1.82) is 0 Å². The molecule has 1 aromatic heterocycles. The van der Waals surface area contributed by atoms with E-state index in [0.717, 1.165) is 32.8 Å². The number of ether oxygens (including phenoxy) is 2. The second-order valence-electron chi connectivity index (χ2n) is 4.26. The predicted molar refractivity (Wildman–Crippen MR) is 60.0 cm³/mol. The van der Waals surface area contributed by atoms with Gasteiger partial charge in [0.15, 0.2) is 0 Å². The fourth-order valence-corrected chi connectivity index (χ4v) is 1.95. The van der Waals surface area contributed by atoms with Gasteiger partial charge in [-0.05, 0) is 19.1 Å². The highest BCUT2D eigenvalue weighted by atomic mass is 35.5. The van der Waals surface area contributed by atoms with Crippen molar-refractivity contribution in [2.75, 3.05) is 32.8 Å². The first-order valence-corrected chi connectivity index (χ1v) is 5.91. The maximum atomic E-state index is 11.6. The molecule has 6 heteroatoms. The van der Waals surface area contributed by atoms with Crippen LogP contribution >= 0.6 is 0 Å². The van der Waals surface area contributed by atoms with Gasteiger partial charge in [0.1, 0.15) is 25.7 Å². The fourth-order valence-electron chi connectivity index (χ4n) is 1.95. The minimum absolute atomic E-state index is 0. The van der Waals surface area contributed by atoms with Crippen LogP contribution in [0.3, 0.4) is 0 Å². The summed E-state index contributed by atoms with van der Waals surface area (Å²) in [5, 5.41) is 0. The zero-order valence-corrected chi connectivity index (χ0v) is 11.1. The molecule has 1 saturated heterocycles. The first-order valence-electron chi connectivity index (χ1n) is 5.91. The second-order valence-corrected chi connectivity index (χ2v) is 4.26. The molecule has 1 atom stereocenters. The molecular weight excluding hydrogens is 258 g/mol. The molecule has 1 fully saturated rings. The number of esters is 1. The third kappa shape index (κ3) is 4.33. The van der Waals surface area contributed by atoms with E-state index in [-0.39, 0.29) is 24.3 Å². The molecule has 0 spiro atoms. The van der Waals surface area contributed by atoms with Gasteiger partial charge in [-0.2, -0.15) is 0 Å². The van der Waals surface area contributed by atoms with Crippen LogP contribution in [0.25, 0.3) is 0 Å². The van der Waals surface area contributed by atoms with Gasteiger partial charge in [0.05, 0.1) is 19.5 Å². The first-order chi connectivity index (χ1) is 8.25. The zero-order chi connectivity index (χ0) is 12.1. The van der Waals surface area contributed by atoms with Crippen LogP contribution in [0.15, 0.2) is 22.8 Å². The number of morpholine rings is 1. The van der Waals surface area contributed by atoms with Crippen molar-refractivity contribution in [2.24, 2.45) is 0 Å². The lowest BCUT2D eigenvalue weighted by Crippen LogP contribution is -3.15. The van der Waals surface area contributed by atoms with Gasteiger partial charge >= 0.3 is 5.97 Å². The normalized spacial score (nSPS) is 17.8. The Labute approximate surface area is 112 Å². The molecule has 2 rings (SSSR count). The molecule has 1 aromatic rings. The second kappa shape index (κ2) is 7.41. The molecule has 1 aliphatic heterocycles. The Morgan fingerprint density at radius 3 is 2.83 bits per heavy atom. The third-order valence-electron chi connectivity index (χ3n) is 2.81. The van der Waals surface area contributed by atoms with Crippen molar-refractivity contribution >= 4 is 5.97 Å². The van der Waals surface area contributed by atoms with Gasteiger partial charge in [-0.1, -0.05) is 0 Å². The first kappa shape index (κ1) is 15.0. The van der Waals surface area contributed by atoms with Crippen molar-refractivity contribution < 1.29 is 36.0 Å². The van der Waals surface area contributed by atoms with Crippen LogP contribution in [0.1, 0.15) is 17.5 Å². The number of carbonyl (C=O) groups is 1. The number of halogens is 1. The standard InChI is InChI=1S/C12H17NO4.ClH/c1-10(9-13-4-7-15-8-5-13)17-12(14)11-3-2-6-16-11;/h2-3,6,10H,4-5,7-9H2,1H3;1H. The molecule has 0 saturated carbocycles. The monoisotopic (exact) mass is 275 g/mol. The smallest absolute Gasteiger partial charge is 0.374 e. The van der Waals surface area contributed by atoms with Crippen LogP contribution in [-0.2, 0) is 9.47 Å². The SMILES string of the molecule is CC(C[NH+]1CCOCC1)OC(=O)c1ccco1.[Cl-]. The molecule has 1 unspecified atom stereocenters. The average molecular weight is 276 g/mol. The van der Waals surface area contributed by atoms with Crippen LogP contribution in [-0.4, -0.2) is 44.9 Å². The van der Waals surface area contributed by atoms with Gasteiger partial charge < -0.3 is 31.2 Å². The van der Waals surface area contributed by atoms with Crippen molar-refractivity contribution in [3.05, 3.63) is 24.2 Å². The van der Waals surface area contributed by atoms with Gasteiger partial charge in [0.2, 0.25) is 5.76 Å². The van der Waals surface area contributed by atoms with Gasteiger partial charge in [0, 0.05) is 0 Å². The summed E-state index contributed by atoms with van der Waals surface area (Å²) in [6.45, 7) is 6.24. The molecule has 0 aliphatic carbocycles. The summed E-state index contributed by atoms with van der Waals surface area (Å²) >= 11 is 0. The van der Waals surface area contributed by atoms with E-state index in [1.54, 1.807) is 12.1 Å². The number of rotatable bonds is 4. The van der Waals surface area contributed by atoms with E-state index in [4.69, 9.17) is 13.9 Å². The summed E-state index contributed by atoms with van der Waals surface area (Å²) in [5.74, 6) is -0.135. The van der Waals surface area contributed by atoms with Gasteiger partial charge in [-0.25, -0.2) is 4.79 Å². The van der Waals surface area contributed by atoms with E-state index in [0.29, 0.717) is 0 Å². The molecule has 1 N–H and O–H groups in total. The summed E-state index contributed by atoms with van der Waals surface area (Å²) < 4.78 is 15.6. The molecule has 0 radical (unpaired) electrons. The van der Waals surface area contributed by atoms with Crippen LogP contribution in [0, 0.1) is 0 Å². The van der Waals surface area contributed by atoms with Crippen LogP contribution in [0.4, 0.5) is 0 Å². The average Bonchev–Trinajstić information content (AvgIpc) is 2.83. The van der Waals surface area contributed by atoms with E-state index >= 15 is 0 Å². The highest BCUT2D eigenvalue weighted by Crippen LogP contribution is 2.03. The Bertz CT molecular complexity index is 349. The lowest BCUT2D eigenvalue weighted by Gasteiger charge is -2.25. The Hall–Kier alpha value is -1.04. The lowest BCUT2D eigenvalue weighted by atomic mass is 10.3. The molecule has 102 valence electrons. The number of quaternary nitrogens is 1. The maximum absolute atomic E-state index is 11.6. The van der Waals surface area contributed by atoms with E-state index in [2.05, 4.69) is 0 Å². The van der Waals surface area contributed by atoms with Crippen molar-refractivity contribution in [1.82, 2.24) is 0 Å². The van der Waals surface area contributed by atoms with Gasteiger partial charge in [-0.15, -0.1) is 0 Å². The largest absolute Gasteiger partial charge is 1.00 e. The Kier molecular flexibility index (Phi) is 6.18. The predicted octanol–water partition coefficient (Wildman–Crippen LogP) is -3.26. The molecule has 0 aromatic carbocycles. The summed E-state index contributed by atoms with van der Waals surface area (Å²) in [5.41, 5.74) is 0. The number of hydrogen-bond donors (Lipinski definition) is 1. The topological polar surface area (TPSA) is 53.1 Å². The Morgan fingerprint density at radius 2 is 2.22 bits per heavy atom. The number of carbonyl (C=O) groups excluding carboxylic acids is 1. The fraction of sp³-hybridized carbons (Fsp3) is 0.583. The summed E-state index contributed by atoms with van der Waals surface area (Å²) in [4.78, 5) is 13.0. The highest BCUT2D eigenvalue weighted by molar-refractivity contribution is 5.86. The summed E-state index contributed by atoms with van der Waals surface area (Å²) in [6, 6.07) is 3.28. The number of furan rings is 1. The van der Waals surface area contributed by atoms with E-state index in [9.17, 15) is 4.79 Å². The van der Waals surface area contributed by atoms with E-state index in [1.165, 1.54) is 11.2 Å². The minimum atomic E-state index is -0.393. The molecule has 2 heterocycles. The van der Waals surface area contributed by atoms with Crippen LogP contribution in [0.2, 0.25) is 0 Å². The number of nitrogens with one attached hydrogen (secondary N) is 1. The van der Waals surface area contributed by atoms with Crippen LogP contribution in [0.5, 0.6) is 0 Å². The third-order valence-corrected chi connectivity index (χ3v) is 2.81. The highest BCUT2D eigenvalue weighted by Gasteiger charge is 2.21. The summed E-state index contributed by atoms with van der Waals surface area (Å²) in [6.07, 6.45) is 1.36. The number of hydrogen-bond acceptors (Lipinski definition) is 4. The molecule has 5 nitrogen and oxygen atoms in total. The molecule has 1 aliphatic rings. The molecular formula is C12H18ClNO4. The van der Waals surface area contributed by atoms with Crippen molar-refractivity contribution in [3.8, 4) is 0 Å². The van der Waals surface area contributed by atoms with Gasteiger partial charge in [-0.3, -0.25) is 0 Å². The molecule has 18 heavy (non-hydrogen) atoms. The zero-order valence-electron chi connectivity index (χ0n) is 10.4. The minimum Gasteiger partial charge on any atom is -1.00 e. The maximum Gasteiger partial charge on any atom is 0.374 e. The van der Waals surface area contributed by atoms with Crippen LogP contribution < -0.4 is 17.3 Å². The molecule has 0 bridgehead atoms.